The fourth-order valence-electron chi connectivity index (χ4n) is 5.07. The van der Waals surface area contributed by atoms with Gasteiger partial charge in [-0.3, -0.25) is 4.79 Å². The molecule has 0 bridgehead atoms. The van der Waals surface area contributed by atoms with Gasteiger partial charge in [0.05, 0.1) is 11.7 Å². The van der Waals surface area contributed by atoms with Crippen LogP contribution in [0.5, 0.6) is 0 Å². The molecule has 3 heteroatoms. The molecule has 0 amide bonds. The van der Waals surface area contributed by atoms with E-state index in [-0.39, 0.29) is 11.9 Å². The van der Waals surface area contributed by atoms with Crippen LogP contribution in [0.2, 0.25) is 0 Å². The summed E-state index contributed by atoms with van der Waals surface area (Å²) in [5.41, 5.74) is 6.68. The number of rotatable bonds is 12. The quantitative estimate of drug-likeness (QED) is 0.103. The highest BCUT2D eigenvalue weighted by molar-refractivity contribution is 5.99. The molecule has 0 N–H and O–H groups in total. The Bertz CT molecular complexity index is 1440. The number of carbonyl (C=O) groups is 1. The number of nitriles is 1. The van der Waals surface area contributed by atoms with Gasteiger partial charge in [-0.15, -0.1) is 0 Å². The number of ketones is 1. The van der Waals surface area contributed by atoms with Crippen molar-refractivity contribution < 1.29 is 9.53 Å². The summed E-state index contributed by atoms with van der Waals surface area (Å²) in [4.78, 5) is 12.1. The maximum Gasteiger partial charge on any atom is 0.162 e. The fourth-order valence-corrected chi connectivity index (χ4v) is 5.07. The van der Waals surface area contributed by atoms with Crippen molar-refractivity contribution in [2.24, 2.45) is 0 Å². The molecule has 0 unspecified atom stereocenters. The second-order valence-corrected chi connectivity index (χ2v) is 9.93. The minimum atomic E-state index is 0.116. The Balaban J connectivity index is 2.00. The highest BCUT2D eigenvalue weighted by atomic mass is 16.5. The first-order valence-electron chi connectivity index (χ1n) is 14.2. The molecule has 202 valence electrons. The maximum absolute atomic E-state index is 12.1. The third kappa shape index (κ3) is 7.15. The molecular formula is C36H41NO2. The van der Waals surface area contributed by atoms with Gasteiger partial charge in [0.15, 0.2) is 5.78 Å². The van der Waals surface area contributed by atoms with Gasteiger partial charge in [-0.05, 0) is 96.5 Å². The molecule has 0 heterocycles. The number of aryl methyl sites for hydroxylation is 1. The minimum Gasteiger partial charge on any atom is -0.489 e. The lowest BCUT2D eigenvalue weighted by Crippen LogP contribution is -2.13. The molecule has 39 heavy (non-hydrogen) atoms. The van der Waals surface area contributed by atoms with Crippen LogP contribution in [0.25, 0.3) is 27.5 Å². The lowest BCUT2D eigenvalue weighted by molar-refractivity contribution is 0.0988. The molecule has 3 aromatic rings. The first kappa shape index (κ1) is 29.7. The van der Waals surface area contributed by atoms with Crippen LogP contribution in [0.15, 0.2) is 84.2 Å². The standard InChI is InChI=1S/C36H41NO2/c1-7-13-31(14-8-2)39-36(11-5)30(24-37)22-26(9-3)33-16-12-15-27-23-28(17-20-34(27)33)32-19-18-29(21-25(32)6)35(38)10-4/h9,11-12,15-23,31H,7-8,10,13-14H2,1-6H3/b26-9+,30-22-,36-11?. The van der Waals surface area contributed by atoms with Crippen LogP contribution < -0.4 is 0 Å². The average Bonchev–Trinajstić information content (AvgIpc) is 2.96. The molecule has 3 rings (SSSR count). The predicted molar refractivity (Wildman–Crippen MR) is 165 cm³/mol. The molecule has 0 aliphatic carbocycles. The third-order valence-corrected chi connectivity index (χ3v) is 7.15. The molecule has 3 nitrogen and oxygen atoms in total. The molecule has 0 fully saturated rings. The summed E-state index contributed by atoms with van der Waals surface area (Å²) in [5, 5.41) is 12.3. The van der Waals surface area contributed by atoms with Crippen molar-refractivity contribution in [1.29, 1.82) is 5.26 Å². The van der Waals surface area contributed by atoms with Crippen LogP contribution >= 0.6 is 0 Å². The van der Waals surface area contributed by atoms with Gasteiger partial charge in [-0.2, -0.15) is 5.26 Å². The lowest BCUT2D eigenvalue weighted by Gasteiger charge is -2.20. The van der Waals surface area contributed by atoms with Crippen LogP contribution in [0.4, 0.5) is 0 Å². The molecule has 0 aliphatic rings. The average molecular weight is 520 g/mol. The van der Waals surface area contributed by atoms with Gasteiger partial charge in [0, 0.05) is 12.0 Å². The summed E-state index contributed by atoms with van der Waals surface area (Å²) >= 11 is 0. The van der Waals surface area contributed by atoms with E-state index in [0.717, 1.165) is 69.8 Å². The molecule has 0 radical (unpaired) electrons. The van der Waals surface area contributed by atoms with E-state index in [9.17, 15) is 10.1 Å². The first-order chi connectivity index (χ1) is 18.9. The van der Waals surface area contributed by atoms with Gasteiger partial charge in [0.2, 0.25) is 0 Å². The van der Waals surface area contributed by atoms with Crippen molar-refractivity contribution in [3.8, 4) is 17.2 Å². The lowest BCUT2D eigenvalue weighted by atomic mass is 9.92. The molecule has 0 spiro atoms. The molecule has 0 saturated heterocycles. The third-order valence-electron chi connectivity index (χ3n) is 7.15. The molecule has 0 atom stereocenters. The summed E-state index contributed by atoms with van der Waals surface area (Å²) in [6, 6.07) is 21.1. The number of nitrogens with zero attached hydrogens (tertiary/aromatic N) is 1. The fraction of sp³-hybridized carbons (Fsp3) is 0.333. The van der Waals surface area contributed by atoms with Crippen molar-refractivity contribution in [2.75, 3.05) is 0 Å². The number of ether oxygens (including phenoxy) is 1. The summed E-state index contributed by atoms with van der Waals surface area (Å²) in [5.74, 6) is 0.806. The Kier molecular flexibility index (Phi) is 10.9. The number of fused-ring (bicyclic) bond motifs is 1. The van der Waals surface area contributed by atoms with Crippen LogP contribution in [0, 0.1) is 18.3 Å². The molecule has 0 saturated carbocycles. The predicted octanol–water partition coefficient (Wildman–Crippen LogP) is 10.2. The zero-order valence-electron chi connectivity index (χ0n) is 24.3. The van der Waals surface area contributed by atoms with Gasteiger partial charge in [0.1, 0.15) is 11.8 Å². The van der Waals surface area contributed by atoms with E-state index in [4.69, 9.17) is 4.74 Å². The van der Waals surface area contributed by atoms with E-state index in [0.29, 0.717) is 17.8 Å². The Labute approximate surface area is 234 Å². The zero-order chi connectivity index (χ0) is 28.4. The van der Waals surface area contributed by atoms with Gasteiger partial charge in [0.25, 0.3) is 0 Å². The van der Waals surface area contributed by atoms with E-state index < -0.39 is 0 Å². The minimum absolute atomic E-state index is 0.116. The Morgan fingerprint density at radius 2 is 1.72 bits per heavy atom. The van der Waals surface area contributed by atoms with E-state index in [1.807, 2.05) is 51.1 Å². The van der Waals surface area contributed by atoms with Crippen LogP contribution in [0.1, 0.15) is 88.2 Å². The van der Waals surface area contributed by atoms with Crippen molar-refractivity contribution in [3.05, 3.63) is 101 Å². The molecule has 3 aromatic carbocycles. The van der Waals surface area contributed by atoms with Crippen LogP contribution in [-0.2, 0) is 4.74 Å². The van der Waals surface area contributed by atoms with E-state index in [2.05, 4.69) is 69.3 Å². The van der Waals surface area contributed by atoms with Crippen LogP contribution in [-0.4, -0.2) is 11.9 Å². The number of hydrogen-bond donors (Lipinski definition) is 0. The van der Waals surface area contributed by atoms with Crippen molar-refractivity contribution >= 4 is 22.1 Å². The molecule has 0 aromatic heterocycles. The van der Waals surface area contributed by atoms with Crippen molar-refractivity contribution in [3.63, 3.8) is 0 Å². The van der Waals surface area contributed by atoms with Gasteiger partial charge < -0.3 is 4.74 Å². The maximum atomic E-state index is 12.1. The summed E-state index contributed by atoms with van der Waals surface area (Å²) < 4.78 is 6.33. The molecule has 0 aliphatic heterocycles. The Morgan fingerprint density at radius 1 is 0.974 bits per heavy atom. The topological polar surface area (TPSA) is 50.1 Å². The van der Waals surface area contributed by atoms with Crippen molar-refractivity contribution in [1.82, 2.24) is 0 Å². The SMILES string of the molecule is CC=C(OC(CCC)CCC)/C(C#N)=C\C(=C/C)c1cccc2cc(-c3ccc(C(=O)CC)cc3C)ccc12. The summed E-state index contributed by atoms with van der Waals surface area (Å²) in [6.45, 7) is 12.2. The largest absolute Gasteiger partial charge is 0.489 e. The first-order valence-corrected chi connectivity index (χ1v) is 14.2. The van der Waals surface area contributed by atoms with Gasteiger partial charge in [-0.1, -0.05) is 82.2 Å². The highest BCUT2D eigenvalue weighted by Crippen LogP contribution is 2.33. The monoisotopic (exact) mass is 519 g/mol. The number of carbonyl (C=O) groups excluding carboxylic acids is 1. The number of hydrogen-bond acceptors (Lipinski definition) is 3. The summed E-state index contributed by atoms with van der Waals surface area (Å²) in [7, 11) is 0. The number of benzene rings is 3. The van der Waals surface area contributed by atoms with Gasteiger partial charge in [-0.25, -0.2) is 0 Å². The number of allylic oxidation sites excluding steroid dienone is 5. The van der Waals surface area contributed by atoms with Crippen LogP contribution in [0.3, 0.4) is 0 Å². The Hall–Kier alpha value is -3.90. The van der Waals surface area contributed by atoms with Gasteiger partial charge >= 0.3 is 0 Å². The second kappa shape index (κ2) is 14.3. The smallest absolute Gasteiger partial charge is 0.162 e. The van der Waals surface area contributed by atoms with E-state index in [1.165, 1.54) is 0 Å². The Morgan fingerprint density at radius 3 is 2.31 bits per heavy atom. The second-order valence-electron chi connectivity index (χ2n) is 9.93. The van der Waals surface area contributed by atoms with Crippen molar-refractivity contribution in [2.45, 2.75) is 79.8 Å². The highest BCUT2D eigenvalue weighted by Gasteiger charge is 2.15. The molecular weight excluding hydrogens is 478 g/mol. The summed E-state index contributed by atoms with van der Waals surface area (Å²) in [6.07, 6.45) is 10.6. The normalized spacial score (nSPS) is 12.6. The number of Topliss-reactive ketones (excluding diaryl/α,β-unsaturated/α-hetero) is 1. The van der Waals surface area contributed by atoms with E-state index in [1.54, 1.807) is 0 Å². The zero-order valence-corrected chi connectivity index (χ0v) is 24.3. The van der Waals surface area contributed by atoms with E-state index >= 15 is 0 Å².